The first kappa shape index (κ1) is 35.8. The topological polar surface area (TPSA) is 116 Å². The average molecular weight is 825 g/mol. The number of allylic oxidation sites excluding steroid dienone is 2. The second-order valence-corrected chi connectivity index (χ2v) is 15.0. The maximum atomic E-state index is 15.2. The van der Waals surface area contributed by atoms with Gasteiger partial charge in [0.1, 0.15) is 17.3 Å². The lowest BCUT2D eigenvalue weighted by atomic mass is 9.49. The predicted octanol–water partition coefficient (Wildman–Crippen LogP) is 8.04. The van der Waals surface area contributed by atoms with Crippen molar-refractivity contribution in [2.45, 2.75) is 30.5 Å². The van der Waals surface area contributed by atoms with Crippen LogP contribution in [-0.4, -0.2) is 40.1 Å². The number of carbonyl (C=O) groups is 4. The number of hydrogen-bond acceptors (Lipinski definition) is 7. The molecule has 0 unspecified atom stereocenters. The van der Waals surface area contributed by atoms with Crippen molar-refractivity contribution in [2.24, 2.45) is 23.7 Å². The lowest BCUT2D eigenvalue weighted by molar-refractivity contribution is -0.274. The SMILES string of the molecule is O=C1[C@@H]2C[C@@H]3C(=CC[C@@H]4C(=O)N(c5ccc(Br)cc5)C(=O)[C@@H]43)[C@H](c3cc(OC(F)(F)F)ccc3O)[C@]2(c2ccc(Cl)cc2)C(=O)N1Nc1ccc(F)cc1. The summed E-state index contributed by atoms with van der Waals surface area (Å²) in [6.45, 7) is 0. The summed E-state index contributed by atoms with van der Waals surface area (Å²) in [6.07, 6.45) is -3.50. The molecule has 2 aliphatic carbocycles. The van der Waals surface area contributed by atoms with Gasteiger partial charge in [-0.25, -0.2) is 4.39 Å². The fraction of sp³-hybridized carbons (Fsp3) is 0.231. The van der Waals surface area contributed by atoms with E-state index in [1.165, 1.54) is 36.4 Å². The Hall–Kier alpha value is -5.21. The standard InChI is InChI=1S/C39H27BrClF4N3O6/c40-20-3-11-24(12-4-20)47-34(50)27-15-14-26-28(32(27)36(47)52)18-30-35(51)48(46-23-9-7-22(42)8-10-23)37(53)38(30,19-1-5-21(41)6-2-19)33(26)29-17-25(13-16-31(29)49)54-39(43,44)45/h1-14,16-17,27-28,30,32-33,46,49H,15,18H2/t27-,28+,30-,32-,33+,38+/m0/s1. The van der Waals surface area contributed by atoms with Crippen LogP contribution in [0.2, 0.25) is 5.02 Å². The second kappa shape index (κ2) is 13.0. The van der Waals surface area contributed by atoms with Crippen LogP contribution in [-0.2, 0) is 24.6 Å². The molecule has 4 amide bonds. The van der Waals surface area contributed by atoms with E-state index in [2.05, 4.69) is 26.1 Å². The quantitative estimate of drug-likeness (QED) is 0.115. The van der Waals surface area contributed by atoms with E-state index >= 15 is 4.79 Å². The van der Waals surface area contributed by atoms with Gasteiger partial charge in [0.25, 0.3) is 11.8 Å². The fourth-order valence-corrected chi connectivity index (χ4v) is 9.20. The van der Waals surface area contributed by atoms with Gasteiger partial charge in [0.2, 0.25) is 11.8 Å². The number of benzene rings is 4. The molecule has 2 N–H and O–H groups in total. The number of hydrogen-bond donors (Lipinski definition) is 2. The molecule has 0 radical (unpaired) electrons. The number of phenolic OH excluding ortho intramolecular Hbond substituents is 1. The molecule has 2 saturated heterocycles. The average Bonchev–Trinajstić information content (AvgIpc) is 3.51. The van der Waals surface area contributed by atoms with Gasteiger partial charge in [-0.2, -0.15) is 5.01 Å². The molecule has 9 nitrogen and oxygen atoms in total. The summed E-state index contributed by atoms with van der Waals surface area (Å²) in [5, 5.41) is 12.6. The number of amides is 4. The van der Waals surface area contributed by atoms with Crippen LogP contribution >= 0.6 is 27.5 Å². The van der Waals surface area contributed by atoms with Gasteiger partial charge in [-0.05, 0) is 103 Å². The van der Waals surface area contributed by atoms with Gasteiger partial charge in [-0.15, -0.1) is 13.2 Å². The van der Waals surface area contributed by atoms with Crippen LogP contribution in [0.25, 0.3) is 0 Å². The number of halogens is 6. The number of rotatable bonds is 6. The number of aromatic hydroxyl groups is 1. The molecule has 4 aromatic carbocycles. The molecule has 3 fully saturated rings. The first-order chi connectivity index (χ1) is 25.7. The van der Waals surface area contributed by atoms with E-state index in [0.29, 0.717) is 16.3 Å². The molecule has 15 heteroatoms. The number of carbonyl (C=O) groups excluding carboxylic acids is 4. The summed E-state index contributed by atoms with van der Waals surface area (Å²) in [5.74, 6) is -9.67. The highest BCUT2D eigenvalue weighted by molar-refractivity contribution is 9.10. The molecule has 4 aliphatic rings. The van der Waals surface area contributed by atoms with E-state index in [1.54, 1.807) is 30.3 Å². The number of imide groups is 2. The number of anilines is 2. The monoisotopic (exact) mass is 823 g/mol. The Morgan fingerprint density at radius 2 is 1.56 bits per heavy atom. The molecule has 54 heavy (non-hydrogen) atoms. The maximum absolute atomic E-state index is 15.2. The summed E-state index contributed by atoms with van der Waals surface area (Å²) in [6, 6.07) is 20.5. The maximum Gasteiger partial charge on any atom is 0.573 e. The molecular weight excluding hydrogens is 798 g/mol. The Morgan fingerprint density at radius 3 is 2.22 bits per heavy atom. The third-order valence-corrected chi connectivity index (χ3v) is 11.7. The zero-order valence-electron chi connectivity index (χ0n) is 27.7. The number of hydrazine groups is 1. The third kappa shape index (κ3) is 5.65. The van der Waals surface area contributed by atoms with E-state index in [4.69, 9.17) is 11.6 Å². The molecule has 276 valence electrons. The smallest absolute Gasteiger partial charge is 0.508 e. The summed E-state index contributed by atoms with van der Waals surface area (Å²) < 4.78 is 59.6. The molecule has 4 aromatic rings. The van der Waals surface area contributed by atoms with Gasteiger partial charge >= 0.3 is 6.36 Å². The van der Waals surface area contributed by atoms with Crippen LogP contribution in [0.4, 0.5) is 28.9 Å². The van der Waals surface area contributed by atoms with Crippen molar-refractivity contribution in [1.29, 1.82) is 0 Å². The van der Waals surface area contributed by atoms with E-state index in [-0.39, 0.29) is 29.7 Å². The van der Waals surface area contributed by atoms with E-state index in [0.717, 1.165) is 44.7 Å². The van der Waals surface area contributed by atoms with Gasteiger partial charge in [-0.1, -0.05) is 51.3 Å². The highest BCUT2D eigenvalue weighted by Gasteiger charge is 2.70. The molecular formula is C39H27BrClF4N3O6. The Morgan fingerprint density at radius 1 is 0.870 bits per heavy atom. The van der Waals surface area contributed by atoms with E-state index in [9.17, 15) is 37.1 Å². The highest BCUT2D eigenvalue weighted by atomic mass is 79.9. The number of nitrogens with zero attached hydrogens (tertiary/aromatic N) is 2. The van der Waals surface area contributed by atoms with Crippen molar-refractivity contribution < 1.29 is 46.6 Å². The van der Waals surface area contributed by atoms with Crippen molar-refractivity contribution in [1.82, 2.24) is 5.01 Å². The highest BCUT2D eigenvalue weighted by Crippen LogP contribution is 2.65. The summed E-state index contributed by atoms with van der Waals surface area (Å²) in [7, 11) is 0. The Kier molecular flexibility index (Phi) is 8.60. The lowest BCUT2D eigenvalue weighted by Gasteiger charge is -2.50. The number of ether oxygens (including phenoxy) is 1. The minimum absolute atomic E-state index is 0.0329. The summed E-state index contributed by atoms with van der Waals surface area (Å²) >= 11 is 9.64. The predicted molar refractivity (Wildman–Crippen MR) is 190 cm³/mol. The Labute approximate surface area is 318 Å². The van der Waals surface area contributed by atoms with Crippen LogP contribution in [0.5, 0.6) is 11.5 Å². The molecule has 6 atom stereocenters. The van der Waals surface area contributed by atoms with Gasteiger partial charge in [0.15, 0.2) is 0 Å². The van der Waals surface area contributed by atoms with Crippen molar-refractivity contribution in [2.75, 3.05) is 10.3 Å². The van der Waals surface area contributed by atoms with Crippen LogP contribution in [0, 0.1) is 29.5 Å². The molecule has 2 heterocycles. The normalized spacial score (nSPS) is 26.3. The molecule has 0 spiro atoms. The summed E-state index contributed by atoms with van der Waals surface area (Å²) in [4.78, 5) is 59.4. The molecule has 1 saturated carbocycles. The second-order valence-electron chi connectivity index (χ2n) is 13.6. The minimum atomic E-state index is -5.11. The zero-order valence-corrected chi connectivity index (χ0v) is 30.0. The van der Waals surface area contributed by atoms with Crippen LogP contribution in [0.1, 0.15) is 29.9 Å². The van der Waals surface area contributed by atoms with E-state index < -0.39 is 82.3 Å². The molecule has 2 aliphatic heterocycles. The molecule has 8 rings (SSSR count). The van der Waals surface area contributed by atoms with Crippen molar-refractivity contribution >= 4 is 62.5 Å². The summed E-state index contributed by atoms with van der Waals surface area (Å²) in [5.41, 5.74) is 1.86. The van der Waals surface area contributed by atoms with E-state index in [1.807, 2.05) is 0 Å². The van der Waals surface area contributed by atoms with Gasteiger partial charge in [0.05, 0.1) is 34.5 Å². The van der Waals surface area contributed by atoms with Gasteiger partial charge < -0.3 is 9.84 Å². The number of fused-ring (bicyclic) bond motifs is 4. The van der Waals surface area contributed by atoms with Crippen LogP contribution in [0.15, 0.2) is 107 Å². The van der Waals surface area contributed by atoms with Gasteiger partial charge in [-0.3, -0.25) is 29.5 Å². The van der Waals surface area contributed by atoms with Crippen molar-refractivity contribution in [3.63, 3.8) is 0 Å². The van der Waals surface area contributed by atoms with Gasteiger partial charge in [0, 0.05) is 21.0 Å². The molecule has 0 aromatic heterocycles. The van der Waals surface area contributed by atoms with Crippen LogP contribution in [0.3, 0.4) is 0 Å². The fourth-order valence-electron chi connectivity index (χ4n) is 8.81. The Balaban J connectivity index is 1.35. The Bertz CT molecular complexity index is 2250. The van der Waals surface area contributed by atoms with Crippen molar-refractivity contribution in [3.8, 4) is 11.5 Å². The molecule has 0 bridgehead atoms. The third-order valence-electron chi connectivity index (χ3n) is 10.9. The van der Waals surface area contributed by atoms with Crippen molar-refractivity contribution in [3.05, 3.63) is 129 Å². The number of nitrogens with one attached hydrogen (secondary N) is 1. The number of phenols is 1. The zero-order chi connectivity index (χ0) is 38.3. The minimum Gasteiger partial charge on any atom is -0.508 e. The largest absolute Gasteiger partial charge is 0.573 e. The first-order valence-electron chi connectivity index (χ1n) is 16.8. The first-order valence-corrected chi connectivity index (χ1v) is 17.9. The lowest BCUT2D eigenvalue weighted by Crippen LogP contribution is -2.53. The van der Waals surface area contributed by atoms with Crippen LogP contribution < -0.4 is 15.1 Å². The number of alkyl halides is 3.